The van der Waals surface area contributed by atoms with Gasteiger partial charge in [-0.05, 0) is 30.7 Å². The predicted octanol–water partition coefficient (Wildman–Crippen LogP) is 5.40. The molecule has 0 bridgehead atoms. The molecule has 7 heteroatoms. The molecule has 0 saturated heterocycles. The molecule has 0 aliphatic heterocycles. The Hall–Kier alpha value is -3.58. The molecule has 3 heterocycles. The standard InChI is InChI=1S/C25H22N4O2S/c1-17(24-28-27-22-13-7-8-14-29(22)24)26-25(30)23-20(19-11-5-6-12-21(19)31-23)16-32-15-18-9-3-2-4-10-18/h2-14,17H,15-16H2,1H3,(H,26,30)/t17-/m0/s1. The van der Waals surface area contributed by atoms with Crippen LogP contribution in [0.25, 0.3) is 16.6 Å². The van der Waals surface area contributed by atoms with Gasteiger partial charge in [0.2, 0.25) is 0 Å². The Labute approximate surface area is 189 Å². The summed E-state index contributed by atoms with van der Waals surface area (Å²) in [6.07, 6.45) is 1.89. The van der Waals surface area contributed by atoms with Crippen molar-refractivity contribution in [3.8, 4) is 0 Å². The van der Waals surface area contributed by atoms with E-state index >= 15 is 0 Å². The Morgan fingerprint density at radius 3 is 2.66 bits per heavy atom. The Balaban J connectivity index is 1.38. The third-order valence-electron chi connectivity index (χ3n) is 5.34. The van der Waals surface area contributed by atoms with Gasteiger partial charge < -0.3 is 9.73 Å². The van der Waals surface area contributed by atoms with E-state index in [1.165, 1.54) is 5.56 Å². The summed E-state index contributed by atoms with van der Waals surface area (Å²) in [6, 6.07) is 23.5. The Morgan fingerprint density at radius 1 is 1.00 bits per heavy atom. The van der Waals surface area contributed by atoms with E-state index in [0.717, 1.165) is 22.3 Å². The summed E-state index contributed by atoms with van der Waals surface area (Å²) < 4.78 is 7.88. The van der Waals surface area contributed by atoms with Gasteiger partial charge in [-0.3, -0.25) is 9.20 Å². The molecule has 0 radical (unpaired) electrons. The van der Waals surface area contributed by atoms with E-state index in [0.29, 0.717) is 22.9 Å². The van der Waals surface area contributed by atoms with E-state index in [9.17, 15) is 4.79 Å². The van der Waals surface area contributed by atoms with Crippen LogP contribution in [0.3, 0.4) is 0 Å². The fourth-order valence-electron chi connectivity index (χ4n) is 3.75. The highest BCUT2D eigenvalue weighted by atomic mass is 32.2. The molecule has 2 aromatic carbocycles. The number of hydrogen-bond acceptors (Lipinski definition) is 5. The van der Waals surface area contributed by atoms with Crippen molar-refractivity contribution in [2.45, 2.75) is 24.5 Å². The second-order valence-electron chi connectivity index (χ2n) is 7.57. The number of thioether (sulfide) groups is 1. The molecule has 1 N–H and O–H groups in total. The number of carbonyl (C=O) groups excluding carboxylic acids is 1. The number of rotatable bonds is 7. The molecular weight excluding hydrogens is 420 g/mol. The Morgan fingerprint density at radius 2 is 1.78 bits per heavy atom. The lowest BCUT2D eigenvalue weighted by Crippen LogP contribution is -2.28. The molecule has 6 nitrogen and oxygen atoms in total. The van der Waals surface area contributed by atoms with Gasteiger partial charge in [0, 0.05) is 28.7 Å². The first-order valence-electron chi connectivity index (χ1n) is 10.4. The first kappa shape index (κ1) is 20.3. The van der Waals surface area contributed by atoms with E-state index in [1.807, 2.05) is 78.2 Å². The zero-order chi connectivity index (χ0) is 21.9. The van der Waals surface area contributed by atoms with E-state index in [-0.39, 0.29) is 11.9 Å². The minimum atomic E-state index is -0.335. The summed E-state index contributed by atoms with van der Waals surface area (Å²) >= 11 is 1.76. The van der Waals surface area contributed by atoms with Crippen LogP contribution in [0.5, 0.6) is 0 Å². The molecule has 1 amide bonds. The lowest BCUT2D eigenvalue weighted by atomic mass is 10.1. The third kappa shape index (κ3) is 3.99. The van der Waals surface area contributed by atoms with E-state index in [4.69, 9.17) is 4.42 Å². The second-order valence-corrected chi connectivity index (χ2v) is 8.55. The molecule has 0 spiro atoms. The van der Waals surface area contributed by atoms with Crippen molar-refractivity contribution >= 4 is 34.3 Å². The first-order valence-corrected chi connectivity index (χ1v) is 11.6. The number of nitrogens with one attached hydrogen (secondary N) is 1. The number of para-hydroxylation sites is 1. The van der Waals surface area contributed by atoms with Gasteiger partial charge in [-0.15, -0.1) is 10.2 Å². The van der Waals surface area contributed by atoms with E-state index in [2.05, 4.69) is 27.6 Å². The van der Waals surface area contributed by atoms with Crippen LogP contribution < -0.4 is 5.32 Å². The van der Waals surface area contributed by atoms with Crippen LogP contribution in [0.1, 0.15) is 40.5 Å². The van der Waals surface area contributed by atoms with Gasteiger partial charge in [0.05, 0.1) is 6.04 Å². The van der Waals surface area contributed by atoms with Crippen molar-refractivity contribution in [3.05, 3.63) is 102 Å². The average Bonchev–Trinajstić information content (AvgIpc) is 3.42. The summed E-state index contributed by atoms with van der Waals surface area (Å²) in [6.45, 7) is 1.90. The highest BCUT2D eigenvalue weighted by molar-refractivity contribution is 7.97. The zero-order valence-electron chi connectivity index (χ0n) is 17.6. The highest BCUT2D eigenvalue weighted by Gasteiger charge is 2.23. The molecule has 0 aliphatic rings. The molecule has 32 heavy (non-hydrogen) atoms. The molecule has 5 aromatic rings. The maximum Gasteiger partial charge on any atom is 0.287 e. The molecule has 0 unspecified atom stereocenters. The predicted molar refractivity (Wildman–Crippen MR) is 127 cm³/mol. The maximum absolute atomic E-state index is 13.2. The van der Waals surface area contributed by atoms with Crippen LogP contribution >= 0.6 is 11.8 Å². The largest absolute Gasteiger partial charge is 0.451 e. The lowest BCUT2D eigenvalue weighted by molar-refractivity contribution is 0.0911. The molecular formula is C25H22N4O2S. The molecule has 5 rings (SSSR count). The monoisotopic (exact) mass is 442 g/mol. The van der Waals surface area contributed by atoms with Gasteiger partial charge >= 0.3 is 0 Å². The number of nitrogens with zero attached hydrogens (tertiary/aromatic N) is 3. The number of carbonyl (C=O) groups is 1. The quantitative estimate of drug-likeness (QED) is 0.365. The van der Waals surface area contributed by atoms with Crippen molar-refractivity contribution < 1.29 is 9.21 Å². The summed E-state index contributed by atoms with van der Waals surface area (Å²) in [7, 11) is 0. The maximum atomic E-state index is 13.2. The molecule has 0 saturated carbocycles. The van der Waals surface area contributed by atoms with Crippen LogP contribution in [-0.2, 0) is 11.5 Å². The van der Waals surface area contributed by atoms with Crippen molar-refractivity contribution in [3.63, 3.8) is 0 Å². The van der Waals surface area contributed by atoms with Crippen molar-refractivity contribution in [1.29, 1.82) is 0 Å². The lowest BCUT2D eigenvalue weighted by Gasteiger charge is -2.12. The van der Waals surface area contributed by atoms with Crippen molar-refractivity contribution in [2.75, 3.05) is 0 Å². The smallest absolute Gasteiger partial charge is 0.287 e. The topological polar surface area (TPSA) is 72.4 Å². The summed E-state index contributed by atoms with van der Waals surface area (Å²) in [5.41, 5.74) is 3.62. The van der Waals surface area contributed by atoms with Gasteiger partial charge in [0.15, 0.2) is 17.2 Å². The van der Waals surface area contributed by atoms with Crippen LogP contribution in [0.15, 0.2) is 83.4 Å². The van der Waals surface area contributed by atoms with Gasteiger partial charge in [0.25, 0.3) is 5.91 Å². The minimum absolute atomic E-state index is 0.253. The fraction of sp³-hybridized carbons (Fsp3) is 0.160. The van der Waals surface area contributed by atoms with Crippen LogP contribution in [0.2, 0.25) is 0 Å². The molecule has 0 aliphatic carbocycles. The first-order chi connectivity index (χ1) is 15.7. The number of amides is 1. The summed E-state index contributed by atoms with van der Waals surface area (Å²) in [5.74, 6) is 2.31. The van der Waals surface area contributed by atoms with Gasteiger partial charge in [-0.25, -0.2) is 0 Å². The van der Waals surface area contributed by atoms with Gasteiger partial charge in [-0.2, -0.15) is 11.8 Å². The molecule has 0 fully saturated rings. The van der Waals surface area contributed by atoms with E-state index < -0.39 is 0 Å². The number of pyridine rings is 1. The number of aromatic nitrogens is 3. The summed E-state index contributed by atoms with van der Waals surface area (Å²) in [5, 5.41) is 12.4. The number of benzene rings is 2. The molecule has 3 aromatic heterocycles. The number of hydrogen-bond donors (Lipinski definition) is 1. The van der Waals surface area contributed by atoms with Crippen LogP contribution in [0.4, 0.5) is 0 Å². The molecule has 160 valence electrons. The number of fused-ring (bicyclic) bond motifs is 2. The summed E-state index contributed by atoms with van der Waals surface area (Å²) in [4.78, 5) is 13.2. The normalized spacial score (nSPS) is 12.3. The van der Waals surface area contributed by atoms with Gasteiger partial charge in [-0.1, -0.05) is 54.6 Å². The molecule has 1 atom stereocenters. The van der Waals surface area contributed by atoms with E-state index in [1.54, 1.807) is 11.8 Å². The highest BCUT2D eigenvalue weighted by Crippen LogP contribution is 2.31. The van der Waals surface area contributed by atoms with Crippen molar-refractivity contribution in [1.82, 2.24) is 19.9 Å². The zero-order valence-corrected chi connectivity index (χ0v) is 18.4. The van der Waals surface area contributed by atoms with Gasteiger partial charge in [0.1, 0.15) is 5.58 Å². The van der Waals surface area contributed by atoms with Crippen molar-refractivity contribution in [2.24, 2.45) is 0 Å². The Kier molecular flexibility index (Phi) is 5.64. The third-order valence-corrected chi connectivity index (χ3v) is 6.37. The van der Waals surface area contributed by atoms with Crippen LogP contribution in [-0.4, -0.2) is 20.5 Å². The number of furan rings is 1. The minimum Gasteiger partial charge on any atom is -0.451 e. The SMILES string of the molecule is C[C@H](NC(=O)c1oc2ccccc2c1CSCc1ccccc1)c1nnc2ccccn12. The van der Waals surface area contributed by atoms with Crippen LogP contribution in [0, 0.1) is 0 Å². The Bertz CT molecular complexity index is 1380. The fourth-order valence-corrected chi connectivity index (χ4v) is 4.77. The second kappa shape index (κ2) is 8.88. The average molecular weight is 443 g/mol.